The van der Waals surface area contributed by atoms with Crippen molar-refractivity contribution in [2.45, 2.75) is 6.18 Å². The molecule has 0 aliphatic carbocycles. The van der Waals surface area contributed by atoms with Gasteiger partial charge in [0.2, 0.25) is 0 Å². The Hall–Kier alpha value is -4.40. The number of fused-ring (bicyclic) bond motifs is 3. The molecule has 0 atom stereocenters. The number of amides is 1. The Morgan fingerprint density at radius 2 is 1.82 bits per heavy atom. The summed E-state index contributed by atoms with van der Waals surface area (Å²) in [6.45, 7) is 0. The van der Waals surface area contributed by atoms with Crippen molar-refractivity contribution in [3.63, 3.8) is 0 Å². The van der Waals surface area contributed by atoms with Gasteiger partial charge in [-0.3, -0.25) is 9.20 Å². The molecule has 34 heavy (non-hydrogen) atoms. The van der Waals surface area contributed by atoms with E-state index in [-0.39, 0.29) is 11.3 Å². The molecule has 0 aliphatic rings. The number of nitrogens with zero attached hydrogens (tertiary/aromatic N) is 3. The van der Waals surface area contributed by atoms with Crippen LogP contribution in [0.15, 0.2) is 79.1 Å². The molecule has 0 unspecified atom stereocenters. The van der Waals surface area contributed by atoms with E-state index in [0.717, 1.165) is 23.2 Å². The summed E-state index contributed by atoms with van der Waals surface area (Å²) in [4.78, 5) is 22.0. The third kappa shape index (κ3) is 3.92. The molecular weight excluding hydrogens is 445 g/mol. The first-order valence-electron chi connectivity index (χ1n) is 10.2. The lowest BCUT2D eigenvalue weighted by atomic mass is 10.1. The summed E-state index contributed by atoms with van der Waals surface area (Å²) in [6.07, 6.45) is -1.03. The van der Waals surface area contributed by atoms with Crippen molar-refractivity contribution in [3.05, 3.63) is 90.3 Å². The zero-order chi connectivity index (χ0) is 23.9. The third-order valence-corrected chi connectivity index (χ3v) is 5.39. The van der Waals surface area contributed by atoms with Crippen LogP contribution in [0.4, 0.5) is 18.9 Å². The second kappa shape index (κ2) is 8.18. The van der Waals surface area contributed by atoms with Crippen molar-refractivity contribution in [1.29, 1.82) is 0 Å². The molecule has 0 radical (unpaired) electrons. The summed E-state index contributed by atoms with van der Waals surface area (Å²) in [5.74, 6) is 0.164. The van der Waals surface area contributed by atoms with Gasteiger partial charge in [0.05, 0.1) is 23.7 Å². The first-order chi connectivity index (χ1) is 16.3. The van der Waals surface area contributed by atoms with Crippen molar-refractivity contribution >= 4 is 28.3 Å². The van der Waals surface area contributed by atoms with E-state index in [2.05, 4.69) is 10.3 Å². The van der Waals surface area contributed by atoms with Crippen molar-refractivity contribution in [1.82, 2.24) is 14.4 Å². The van der Waals surface area contributed by atoms with Gasteiger partial charge >= 0.3 is 6.18 Å². The van der Waals surface area contributed by atoms with Gasteiger partial charge in [-0.2, -0.15) is 13.2 Å². The fourth-order valence-corrected chi connectivity index (χ4v) is 3.72. The molecule has 0 bridgehead atoms. The molecule has 2 aromatic heterocycles. The number of benzene rings is 3. The number of hydrogen-bond acceptors (Lipinski definition) is 4. The summed E-state index contributed by atoms with van der Waals surface area (Å²) in [7, 11) is 1.59. The summed E-state index contributed by atoms with van der Waals surface area (Å²) < 4.78 is 46.1. The van der Waals surface area contributed by atoms with Crippen molar-refractivity contribution in [3.8, 4) is 17.0 Å². The van der Waals surface area contributed by atoms with Gasteiger partial charge in [0.15, 0.2) is 5.65 Å². The normalized spacial score (nSPS) is 11.6. The molecule has 0 spiro atoms. The van der Waals surface area contributed by atoms with Crippen LogP contribution in [-0.4, -0.2) is 27.4 Å². The van der Waals surface area contributed by atoms with Crippen molar-refractivity contribution in [2.24, 2.45) is 0 Å². The number of methoxy groups -OCH3 is 1. The number of carbonyl (C=O) groups excluding carboxylic acids is 1. The van der Waals surface area contributed by atoms with Crippen LogP contribution in [0.25, 0.3) is 27.9 Å². The van der Waals surface area contributed by atoms with Gasteiger partial charge in [0.25, 0.3) is 5.91 Å². The predicted octanol–water partition coefficient (Wildman–Crippen LogP) is 5.83. The Labute approximate surface area is 191 Å². The minimum absolute atomic E-state index is 0.0527. The van der Waals surface area contributed by atoms with E-state index in [4.69, 9.17) is 9.72 Å². The number of carbonyl (C=O) groups is 1. The molecule has 9 heteroatoms. The highest BCUT2D eigenvalue weighted by molar-refractivity contribution is 6.06. The van der Waals surface area contributed by atoms with Crippen LogP contribution in [0.3, 0.4) is 0 Å². The zero-order valence-electron chi connectivity index (χ0n) is 17.8. The quantitative estimate of drug-likeness (QED) is 0.365. The number of alkyl halides is 3. The molecule has 170 valence electrons. The van der Waals surface area contributed by atoms with Crippen LogP contribution >= 0.6 is 0 Å². The van der Waals surface area contributed by atoms with Crippen LogP contribution in [0.2, 0.25) is 0 Å². The average molecular weight is 462 g/mol. The number of hydrogen-bond donors (Lipinski definition) is 1. The number of anilines is 1. The van der Waals surface area contributed by atoms with Gasteiger partial charge in [0, 0.05) is 29.2 Å². The first kappa shape index (κ1) is 21.4. The minimum Gasteiger partial charge on any atom is -0.497 e. The Kier molecular flexibility index (Phi) is 5.16. The van der Waals surface area contributed by atoms with Crippen LogP contribution < -0.4 is 10.1 Å². The maximum Gasteiger partial charge on any atom is 0.416 e. The van der Waals surface area contributed by atoms with Crippen LogP contribution in [0.5, 0.6) is 5.75 Å². The lowest BCUT2D eigenvalue weighted by Gasteiger charge is -2.11. The fraction of sp³-hybridized carbons (Fsp3) is 0.0800. The van der Waals surface area contributed by atoms with E-state index in [1.54, 1.807) is 37.7 Å². The van der Waals surface area contributed by atoms with E-state index in [9.17, 15) is 18.0 Å². The number of aromatic nitrogens is 3. The fourth-order valence-electron chi connectivity index (χ4n) is 3.72. The van der Waals surface area contributed by atoms with Gasteiger partial charge in [-0.15, -0.1) is 0 Å². The zero-order valence-corrected chi connectivity index (χ0v) is 17.8. The number of nitrogens with one attached hydrogen (secondary N) is 1. The molecular formula is C25H17F3N4O2. The Bertz CT molecular complexity index is 1530. The lowest BCUT2D eigenvalue weighted by Crippen LogP contribution is -2.13. The smallest absolute Gasteiger partial charge is 0.416 e. The summed E-state index contributed by atoms with van der Waals surface area (Å²) in [6, 6.07) is 16.8. The maximum absolute atomic E-state index is 13.0. The molecule has 5 rings (SSSR count). The predicted molar refractivity (Wildman–Crippen MR) is 122 cm³/mol. The summed E-state index contributed by atoms with van der Waals surface area (Å²) in [5.41, 5.74) is 2.84. The maximum atomic E-state index is 13.0. The van der Waals surface area contributed by atoms with E-state index >= 15 is 0 Å². The van der Waals surface area contributed by atoms with Crippen LogP contribution in [0.1, 0.15) is 15.9 Å². The highest BCUT2D eigenvalue weighted by Gasteiger charge is 2.30. The van der Waals surface area contributed by atoms with Gasteiger partial charge in [0.1, 0.15) is 11.4 Å². The third-order valence-electron chi connectivity index (χ3n) is 5.39. The van der Waals surface area contributed by atoms with E-state index in [0.29, 0.717) is 22.6 Å². The Morgan fingerprint density at radius 1 is 1.03 bits per heavy atom. The van der Waals surface area contributed by atoms with Crippen molar-refractivity contribution < 1.29 is 22.7 Å². The largest absolute Gasteiger partial charge is 0.497 e. The first-order valence-corrected chi connectivity index (χ1v) is 10.2. The summed E-state index contributed by atoms with van der Waals surface area (Å²) in [5, 5.41) is 2.53. The van der Waals surface area contributed by atoms with Crippen LogP contribution in [0, 0.1) is 0 Å². The second-order valence-electron chi connectivity index (χ2n) is 7.55. The van der Waals surface area contributed by atoms with Crippen LogP contribution in [-0.2, 0) is 6.18 Å². The minimum atomic E-state index is -4.50. The van der Waals surface area contributed by atoms with E-state index in [1.807, 2.05) is 28.7 Å². The molecule has 5 aromatic rings. The number of halogens is 3. The Balaban J connectivity index is 1.54. The van der Waals surface area contributed by atoms with Gasteiger partial charge in [-0.25, -0.2) is 9.97 Å². The monoisotopic (exact) mass is 462 g/mol. The molecule has 3 aromatic carbocycles. The standard InChI is InChI=1S/C25H17F3N4O2/c1-34-19-8-5-15(6-9-19)22-23-29-11-12-32(23)21-10-7-16(13-20(21)31-22)24(33)30-18-4-2-3-17(14-18)25(26,27)28/h2-14H,1H3,(H,30,33). The van der Waals surface area contributed by atoms with E-state index in [1.165, 1.54) is 12.1 Å². The number of rotatable bonds is 4. The molecule has 0 fully saturated rings. The lowest BCUT2D eigenvalue weighted by molar-refractivity contribution is -0.137. The topological polar surface area (TPSA) is 68.5 Å². The number of ether oxygens (including phenoxy) is 1. The second-order valence-corrected chi connectivity index (χ2v) is 7.55. The molecule has 6 nitrogen and oxygen atoms in total. The SMILES string of the molecule is COc1ccc(-c2nc3cc(C(=O)Nc4cccc(C(F)(F)F)c4)ccc3n3ccnc23)cc1. The molecule has 2 heterocycles. The van der Waals surface area contributed by atoms with E-state index < -0.39 is 17.6 Å². The molecule has 0 saturated carbocycles. The molecule has 1 amide bonds. The van der Waals surface area contributed by atoms with Gasteiger partial charge in [-0.05, 0) is 60.7 Å². The molecule has 1 N–H and O–H groups in total. The average Bonchev–Trinajstić information content (AvgIpc) is 3.33. The highest BCUT2D eigenvalue weighted by Crippen LogP contribution is 2.31. The number of imidazole rings is 1. The highest BCUT2D eigenvalue weighted by atomic mass is 19.4. The van der Waals surface area contributed by atoms with Gasteiger partial charge in [-0.1, -0.05) is 6.07 Å². The van der Waals surface area contributed by atoms with Gasteiger partial charge < -0.3 is 10.1 Å². The summed E-state index contributed by atoms with van der Waals surface area (Å²) >= 11 is 0. The van der Waals surface area contributed by atoms with Crippen molar-refractivity contribution in [2.75, 3.05) is 12.4 Å². The molecule has 0 aliphatic heterocycles. The Morgan fingerprint density at radius 3 is 2.56 bits per heavy atom. The molecule has 0 saturated heterocycles.